The van der Waals surface area contributed by atoms with E-state index in [1.807, 2.05) is 0 Å². The van der Waals surface area contributed by atoms with Gasteiger partial charge < -0.3 is 10.3 Å². The highest BCUT2D eigenvalue weighted by Gasteiger charge is 2.28. The Labute approximate surface area is 150 Å². The lowest BCUT2D eigenvalue weighted by Crippen LogP contribution is -2.32. The molecule has 6 heteroatoms. The lowest BCUT2D eigenvalue weighted by atomic mass is 9.91. The predicted octanol–water partition coefficient (Wildman–Crippen LogP) is 3.72. The molecule has 134 valence electrons. The minimum absolute atomic E-state index is 0.0855. The highest BCUT2D eigenvalue weighted by Crippen LogP contribution is 2.35. The Morgan fingerprint density at radius 2 is 2.00 bits per heavy atom. The topological polar surface area (TPSA) is 73.6 Å². The van der Waals surface area contributed by atoms with Crippen molar-refractivity contribution >= 4 is 16.8 Å². The zero-order valence-corrected chi connectivity index (χ0v) is 14.5. The number of H-pyrrole nitrogens is 2. The van der Waals surface area contributed by atoms with E-state index >= 15 is 0 Å². The summed E-state index contributed by atoms with van der Waals surface area (Å²) in [6, 6.07) is 4.73. The van der Waals surface area contributed by atoms with E-state index in [1.165, 1.54) is 6.07 Å². The summed E-state index contributed by atoms with van der Waals surface area (Å²) in [5.74, 6) is -0.347. The lowest BCUT2D eigenvalue weighted by Gasteiger charge is -2.23. The number of aryl methyl sites for hydroxylation is 2. The minimum Gasteiger partial charge on any atom is -0.356 e. The van der Waals surface area contributed by atoms with Crippen LogP contribution in [0.4, 0.5) is 4.39 Å². The number of nitrogens with zero attached hydrogens (tertiary/aromatic N) is 1. The molecule has 1 atom stereocenters. The van der Waals surface area contributed by atoms with Crippen LogP contribution in [0.2, 0.25) is 0 Å². The molecule has 2 aliphatic carbocycles. The van der Waals surface area contributed by atoms with Gasteiger partial charge in [0.25, 0.3) is 5.91 Å². The molecule has 0 bridgehead atoms. The Kier molecular flexibility index (Phi) is 3.58. The molecule has 0 fully saturated rings. The second-order valence-corrected chi connectivity index (χ2v) is 7.36. The van der Waals surface area contributed by atoms with Gasteiger partial charge in [-0.2, -0.15) is 5.10 Å². The molecule has 2 aromatic heterocycles. The van der Waals surface area contributed by atoms with Crippen LogP contribution >= 0.6 is 0 Å². The van der Waals surface area contributed by atoms with Crippen LogP contribution in [-0.2, 0) is 19.3 Å². The number of amides is 1. The molecule has 0 unspecified atom stereocenters. The van der Waals surface area contributed by atoms with Crippen LogP contribution in [0.3, 0.4) is 0 Å². The molecular formula is C20H21FN4O. The average Bonchev–Trinajstić information content (AvgIpc) is 3.24. The smallest absolute Gasteiger partial charge is 0.272 e. The third-order valence-corrected chi connectivity index (χ3v) is 5.75. The van der Waals surface area contributed by atoms with Gasteiger partial charge in [-0.1, -0.05) is 0 Å². The number of rotatable bonds is 2. The van der Waals surface area contributed by atoms with Crippen molar-refractivity contribution in [1.29, 1.82) is 0 Å². The van der Waals surface area contributed by atoms with Crippen LogP contribution in [0.15, 0.2) is 18.2 Å². The second-order valence-electron chi connectivity index (χ2n) is 7.36. The normalized spacial score (nSPS) is 19.2. The van der Waals surface area contributed by atoms with Crippen molar-refractivity contribution in [2.75, 3.05) is 0 Å². The van der Waals surface area contributed by atoms with Gasteiger partial charge in [-0.3, -0.25) is 9.89 Å². The first-order valence-corrected chi connectivity index (χ1v) is 9.37. The summed E-state index contributed by atoms with van der Waals surface area (Å²) < 4.78 is 13.6. The molecule has 0 radical (unpaired) electrons. The fourth-order valence-electron chi connectivity index (χ4n) is 4.47. The third-order valence-electron chi connectivity index (χ3n) is 5.75. The number of halogens is 1. The number of carbonyl (C=O) groups is 1. The molecule has 1 aromatic carbocycles. The molecule has 2 heterocycles. The van der Waals surface area contributed by atoms with Crippen LogP contribution in [0, 0.1) is 5.82 Å². The van der Waals surface area contributed by atoms with E-state index in [1.54, 1.807) is 12.1 Å². The Morgan fingerprint density at radius 3 is 2.92 bits per heavy atom. The van der Waals surface area contributed by atoms with Gasteiger partial charge in [-0.15, -0.1) is 0 Å². The van der Waals surface area contributed by atoms with Crippen LogP contribution < -0.4 is 5.32 Å². The van der Waals surface area contributed by atoms with Gasteiger partial charge in [0, 0.05) is 27.9 Å². The first kappa shape index (κ1) is 15.6. The molecule has 2 aliphatic rings. The third kappa shape index (κ3) is 2.43. The molecule has 5 nitrogen and oxygen atoms in total. The van der Waals surface area contributed by atoms with Crippen LogP contribution in [0.5, 0.6) is 0 Å². The van der Waals surface area contributed by atoms with Gasteiger partial charge >= 0.3 is 0 Å². The molecule has 5 rings (SSSR count). The van der Waals surface area contributed by atoms with Crippen LogP contribution in [0.1, 0.15) is 64.7 Å². The molecular weight excluding hydrogens is 331 g/mol. The number of nitrogens with one attached hydrogen (secondary N) is 3. The average molecular weight is 352 g/mol. The number of carbonyl (C=O) groups excluding carboxylic acids is 1. The molecule has 1 amide bonds. The number of hydrogen-bond acceptors (Lipinski definition) is 2. The quantitative estimate of drug-likeness (QED) is 0.658. The summed E-state index contributed by atoms with van der Waals surface area (Å²) in [6.45, 7) is 0. The highest BCUT2D eigenvalue weighted by atomic mass is 19.1. The van der Waals surface area contributed by atoms with E-state index in [0.29, 0.717) is 5.69 Å². The maximum Gasteiger partial charge on any atom is 0.272 e. The van der Waals surface area contributed by atoms with E-state index in [0.717, 1.165) is 78.4 Å². The minimum atomic E-state index is -0.228. The number of aromatic amines is 2. The summed E-state index contributed by atoms with van der Waals surface area (Å²) in [6.07, 6.45) is 6.89. The number of hydrogen-bond donors (Lipinski definition) is 3. The van der Waals surface area contributed by atoms with Gasteiger partial charge in [-0.25, -0.2) is 4.39 Å². The Balaban J connectivity index is 1.46. The van der Waals surface area contributed by atoms with E-state index < -0.39 is 0 Å². The van der Waals surface area contributed by atoms with Gasteiger partial charge in [0.2, 0.25) is 0 Å². The van der Waals surface area contributed by atoms with Crippen molar-refractivity contribution in [3.63, 3.8) is 0 Å². The van der Waals surface area contributed by atoms with Crippen molar-refractivity contribution in [2.24, 2.45) is 0 Å². The Morgan fingerprint density at radius 1 is 1.15 bits per heavy atom. The van der Waals surface area contributed by atoms with E-state index in [-0.39, 0.29) is 17.8 Å². The van der Waals surface area contributed by atoms with Crippen molar-refractivity contribution < 1.29 is 9.18 Å². The first-order valence-electron chi connectivity index (χ1n) is 9.37. The zero-order chi connectivity index (χ0) is 17.7. The molecule has 0 aliphatic heterocycles. The summed E-state index contributed by atoms with van der Waals surface area (Å²) in [4.78, 5) is 16.3. The molecule has 0 spiro atoms. The fraction of sp³-hybridized carbons (Fsp3) is 0.400. The zero-order valence-electron chi connectivity index (χ0n) is 14.5. The number of fused-ring (bicyclic) bond motifs is 4. The highest BCUT2D eigenvalue weighted by molar-refractivity contribution is 5.94. The monoisotopic (exact) mass is 352 g/mol. The van der Waals surface area contributed by atoms with Gasteiger partial charge in [-0.05, 0) is 68.7 Å². The maximum absolute atomic E-state index is 13.6. The van der Waals surface area contributed by atoms with Gasteiger partial charge in [0.1, 0.15) is 5.82 Å². The summed E-state index contributed by atoms with van der Waals surface area (Å²) in [7, 11) is 0. The lowest BCUT2D eigenvalue weighted by molar-refractivity contribution is 0.0925. The molecule has 26 heavy (non-hydrogen) atoms. The van der Waals surface area contributed by atoms with Crippen molar-refractivity contribution in [3.8, 4) is 0 Å². The van der Waals surface area contributed by atoms with Crippen LogP contribution in [-0.4, -0.2) is 21.1 Å². The molecule has 3 aromatic rings. The molecule has 3 N–H and O–H groups in total. The van der Waals surface area contributed by atoms with E-state index in [9.17, 15) is 9.18 Å². The Hall–Kier alpha value is -2.63. The van der Waals surface area contributed by atoms with Crippen molar-refractivity contribution in [1.82, 2.24) is 20.5 Å². The van der Waals surface area contributed by atoms with E-state index in [2.05, 4.69) is 20.5 Å². The first-order chi connectivity index (χ1) is 12.7. The summed E-state index contributed by atoms with van der Waals surface area (Å²) >= 11 is 0. The van der Waals surface area contributed by atoms with Crippen LogP contribution in [0.25, 0.3) is 10.9 Å². The van der Waals surface area contributed by atoms with Gasteiger partial charge in [0.15, 0.2) is 5.69 Å². The molecule has 0 saturated heterocycles. The van der Waals surface area contributed by atoms with Crippen molar-refractivity contribution in [3.05, 3.63) is 52.2 Å². The number of aromatic nitrogens is 3. The molecule has 0 saturated carbocycles. The van der Waals surface area contributed by atoms with Crippen molar-refractivity contribution in [2.45, 2.75) is 51.0 Å². The summed E-state index contributed by atoms with van der Waals surface area (Å²) in [5, 5.41) is 11.4. The number of benzene rings is 1. The van der Waals surface area contributed by atoms with E-state index in [4.69, 9.17) is 0 Å². The van der Waals surface area contributed by atoms with Gasteiger partial charge in [0.05, 0.1) is 6.04 Å². The standard InChI is InChI=1S/C20H21FN4O/c21-11-8-9-15-14(10-11)12-5-3-7-17(18(12)22-15)23-20(26)19-13-4-1-2-6-16(13)24-25-19/h8-10,17,22H,1-7H2,(H,23,26)(H,24,25)/t17-/m0/s1. The predicted molar refractivity (Wildman–Crippen MR) is 96.6 cm³/mol. The fourth-order valence-corrected chi connectivity index (χ4v) is 4.47. The Bertz CT molecular complexity index is 1000. The largest absolute Gasteiger partial charge is 0.356 e. The summed E-state index contributed by atoms with van der Waals surface area (Å²) in [5.41, 5.74) is 5.77. The SMILES string of the molecule is O=C(N[C@H]1CCCc2c1[nH]c1ccc(F)cc21)c1n[nH]c2c1CCCC2. The maximum atomic E-state index is 13.6. The second kappa shape index (κ2) is 5.97.